The van der Waals surface area contributed by atoms with Gasteiger partial charge < -0.3 is 5.73 Å². The number of carbonyl (C=O) groups excluding carboxylic acids is 1. The lowest BCUT2D eigenvalue weighted by atomic mass is 10.0. The van der Waals surface area contributed by atoms with E-state index in [1.807, 2.05) is 0 Å². The summed E-state index contributed by atoms with van der Waals surface area (Å²) in [4.78, 5) is 10.7. The minimum atomic E-state index is -0.146. The Morgan fingerprint density at radius 2 is 0.310 bits per heavy atom. The fraction of sp³-hybridized carbons (Fsp3) is 0.982. The van der Waals surface area contributed by atoms with Gasteiger partial charge in [-0.3, -0.25) is 4.79 Å². The molecule has 0 aliphatic heterocycles. The predicted molar refractivity (Wildman–Crippen MR) is 264 cm³/mol. The van der Waals surface area contributed by atoms with Gasteiger partial charge in [0.1, 0.15) is 0 Å². The van der Waals surface area contributed by atoms with Gasteiger partial charge in [-0.1, -0.05) is 341 Å². The van der Waals surface area contributed by atoms with Gasteiger partial charge in [0.05, 0.1) is 0 Å². The molecule has 0 saturated carbocycles. The second kappa shape index (κ2) is 54.5. The summed E-state index contributed by atoms with van der Waals surface area (Å²) >= 11 is 0. The van der Waals surface area contributed by atoms with Gasteiger partial charge in [-0.25, -0.2) is 0 Å². The first-order chi connectivity index (χ1) is 28.8. The summed E-state index contributed by atoms with van der Waals surface area (Å²) in [6.45, 7) is 2.31. The van der Waals surface area contributed by atoms with Crippen molar-refractivity contribution < 1.29 is 4.79 Å². The van der Waals surface area contributed by atoms with Crippen LogP contribution in [-0.4, -0.2) is 5.91 Å². The summed E-state index contributed by atoms with van der Waals surface area (Å²) in [5.74, 6) is -0.146. The quantitative estimate of drug-likeness (QED) is 0.0611. The summed E-state index contributed by atoms with van der Waals surface area (Å²) in [7, 11) is 0. The molecule has 0 atom stereocenters. The molecule has 0 aromatic heterocycles. The van der Waals surface area contributed by atoms with Crippen LogP contribution in [-0.2, 0) is 4.79 Å². The van der Waals surface area contributed by atoms with Gasteiger partial charge in [0.15, 0.2) is 0 Å². The summed E-state index contributed by atoms with van der Waals surface area (Å²) in [5, 5.41) is 0. The van der Waals surface area contributed by atoms with E-state index in [-0.39, 0.29) is 5.91 Å². The molecule has 2 nitrogen and oxygen atoms in total. The van der Waals surface area contributed by atoms with E-state index in [1.54, 1.807) is 0 Å². The zero-order valence-electron chi connectivity index (χ0n) is 40.7. The third-order valence-electron chi connectivity index (χ3n) is 13.5. The normalized spacial score (nSPS) is 11.6. The zero-order valence-corrected chi connectivity index (χ0v) is 40.7. The molecule has 0 aromatic rings. The Morgan fingerprint density at radius 1 is 0.207 bits per heavy atom. The van der Waals surface area contributed by atoms with Crippen molar-refractivity contribution in [3.05, 3.63) is 0 Å². The van der Waals surface area contributed by atoms with E-state index in [0.717, 1.165) is 6.42 Å². The van der Waals surface area contributed by atoms with Crippen molar-refractivity contribution in [2.75, 3.05) is 0 Å². The maximum Gasteiger partial charge on any atom is 0.217 e. The number of carbonyl (C=O) groups is 1. The van der Waals surface area contributed by atoms with E-state index in [4.69, 9.17) is 5.73 Å². The molecular formula is C56H113NO. The largest absolute Gasteiger partial charge is 0.370 e. The fourth-order valence-corrected chi connectivity index (χ4v) is 9.39. The summed E-state index contributed by atoms with van der Waals surface area (Å²) < 4.78 is 0. The molecule has 0 saturated heterocycles. The maximum absolute atomic E-state index is 10.7. The second-order valence-corrected chi connectivity index (χ2v) is 19.6. The Bertz CT molecular complexity index is 719. The number of hydrogen-bond acceptors (Lipinski definition) is 1. The smallest absolute Gasteiger partial charge is 0.217 e. The van der Waals surface area contributed by atoms with Crippen LogP contribution in [0.5, 0.6) is 0 Å². The highest BCUT2D eigenvalue weighted by Crippen LogP contribution is 2.19. The minimum absolute atomic E-state index is 0.146. The van der Waals surface area contributed by atoms with Crippen molar-refractivity contribution in [3.63, 3.8) is 0 Å². The van der Waals surface area contributed by atoms with Gasteiger partial charge in [-0.2, -0.15) is 0 Å². The van der Waals surface area contributed by atoms with Crippen LogP contribution in [0.2, 0.25) is 0 Å². The molecule has 0 fully saturated rings. The summed E-state index contributed by atoms with van der Waals surface area (Å²) in [6, 6.07) is 0. The van der Waals surface area contributed by atoms with Crippen LogP contribution in [0.4, 0.5) is 0 Å². The number of hydrogen-bond donors (Lipinski definition) is 1. The Morgan fingerprint density at radius 3 is 0.414 bits per heavy atom. The van der Waals surface area contributed by atoms with E-state index in [0.29, 0.717) is 6.42 Å². The number of unbranched alkanes of at least 4 members (excludes halogenated alkanes) is 52. The van der Waals surface area contributed by atoms with Gasteiger partial charge in [-0.05, 0) is 6.42 Å². The van der Waals surface area contributed by atoms with E-state index in [1.165, 1.54) is 334 Å². The van der Waals surface area contributed by atoms with Gasteiger partial charge in [0.25, 0.3) is 0 Å². The van der Waals surface area contributed by atoms with Crippen molar-refractivity contribution in [1.82, 2.24) is 0 Å². The standard InChI is InChI=1S/C56H113NO/c1-2-3-4-5-6-7-8-9-10-11-12-13-14-15-16-17-18-19-20-21-22-23-24-25-26-27-28-29-30-31-32-33-34-35-36-37-38-39-40-41-42-43-44-45-46-47-48-49-50-51-52-53-54-55-56(57)58/h2-55H2,1H3,(H2,57,58). The van der Waals surface area contributed by atoms with Crippen LogP contribution in [0.3, 0.4) is 0 Å². The molecule has 2 N–H and O–H groups in total. The van der Waals surface area contributed by atoms with E-state index >= 15 is 0 Å². The predicted octanol–water partition coefficient (Wildman–Crippen LogP) is 20.6. The van der Waals surface area contributed by atoms with Crippen LogP contribution in [0.1, 0.15) is 354 Å². The lowest BCUT2D eigenvalue weighted by molar-refractivity contribution is -0.118. The second-order valence-electron chi connectivity index (χ2n) is 19.6. The first kappa shape index (κ1) is 57.5. The molecular weight excluding hydrogens is 703 g/mol. The van der Waals surface area contributed by atoms with Crippen molar-refractivity contribution in [2.24, 2.45) is 5.73 Å². The molecule has 0 unspecified atom stereocenters. The molecule has 0 radical (unpaired) electrons. The molecule has 0 bridgehead atoms. The average Bonchev–Trinajstić information content (AvgIpc) is 3.22. The molecule has 0 heterocycles. The molecule has 2 heteroatoms. The van der Waals surface area contributed by atoms with Crippen LogP contribution >= 0.6 is 0 Å². The van der Waals surface area contributed by atoms with E-state index in [9.17, 15) is 4.79 Å². The molecule has 0 aliphatic carbocycles. The maximum atomic E-state index is 10.7. The van der Waals surface area contributed by atoms with Crippen LogP contribution in [0.15, 0.2) is 0 Å². The number of primary amides is 1. The molecule has 58 heavy (non-hydrogen) atoms. The number of nitrogens with two attached hydrogens (primary N) is 1. The molecule has 0 rings (SSSR count). The third kappa shape index (κ3) is 55.5. The third-order valence-corrected chi connectivity index (χ3v) is 13.5. The Hall–Kier alpha value is -0.530. The zero-order chi connectivity index (χ0) is 41.8. The SMILES string of the molecule is CCCCCCCCCCCCCCCCCCCCCCCCCCCCCCCCCCCCCCCCCCCCCCCCCCCCCCCC(N)=O. The van der Waals surface area contributed by atoms with Gasteiger partial charge in [0, 0.05) is 6.42 Å². The van der Waals surface area contributed by atoms with Crippen molar-refractivity contribution in [2.45, 2.75) is 354 Å². The summed E-state index contributed by atoms with van der Waals surface area (Å²) in [5.41, 5.74) is 5.19. The van der Waals surface area contributed by atoms with Gasteiger partial charge >= 0.3 is 0 Å². The van der Waals surface area contributed by atoms with Crippen molar-refractivity contribution >= 4 is 5.91 Å². The number of amides is 1. The fourth-order valence-electron chi connectivity index (χ4n) is 9.39. The van der Waals surface area contributed by atoms with E-state index < -0.39 is 0 Å². The minimum Gasteiger partial charge on any atom is -0.370 e. The van der Waals surface area contributed by atoms with Crippen LogP contribution < -0.4 is 5.73 Å². The lowest BCUT2D eigenvalue weighted by Crippen LogP contribution is -2.09. The first-order valence-corrected chi connectivity index (χ1v) is 28.1. The highest BCUT2D eigenvalue weighted by Gasteiger charge is 2.00. The average molecular weight is 817 g/mol. The van der Waals surface area contributed by atoms with Gasteiger partial charge in [-0.15, -0.1) is 0 Å². The molecule has 0 aromatic carbocycles. The first-order valence-electron chi connectivity index (χ1n) is 28.1. The van der Waals surface area contributed by atoms with Crippen molar-refractivity contribution in [1.29, 1.82) is 0 Å². The lowest BCUT2D eigenvalue weighted by Gasteiger charge is -2.05. The molecule has 1 amide bonds. The Balaban J connectivity index is 3.06. The van der Waals surface area contributed by atoms with Crippen LogP contribution in [0, 0.1) is 0 Å². The molecule has 0 aliphatic rings. The van der Waals surface area contributed by atoms with Crippen molar-refractivity contribution in [3.8, 4) is 0 Å². The van der Waals surface area contributed by atoms with Gasteiger partial charge in [0.2, 0.25) is 5.91 Å². The monoisotopic (exact) mass is 816 g/mol. The highest BCUT2D eigenvalue weighted by molar-refractivity contribution is 5.73. The van der Waals surface area contributed by atoms with Crippen LogP contribution in [0.25, 0.3) is 0 Å². The summed E-state index contributed by atoms with van der Waals surface area (Å²) in [6.07, 6.45) is 77.6. The topological polar surface area (TPSA) is 43.1 Å². The molecule has 348 valence electrons. The Kier molecular flexibility index (Phi) is 54.0. The highest BCUT2D eigenvalue weighted by atomic mass is 16.1. The number of rotatable bonds is 54. The Labute approximate surface area is 368 Å². The van der Waals surface area contributed by atoms with E-state index in [2.05, 4.69) is 6.92 Å². The molecule has 0 spiro atoms.